The van der Waals surface area contributed by atoms with Crippen molar-refractivity contribution in [3.05, 3.63) is 28.4 Å². The molecule has 2 heterocycles. The Morgan fingerprint density at radius 3 is 2.65 bits per heavy atom. The van der Waals surface area contributed by atoms with E-state index in [1.807, 2.05) is 0 Å². The molecule has 4 nitrogen and oxygen atoms in total. The summed E-state index contributed by atoms with van der Waals surface area (Å²) in [6, 6.07) is 0. The summed E-state index contributed by atoms with van der Waals surface area (Å²) >= 11 is 0. The van der Waals surface area contributed by atoms with Crippen molar-refractivity contribution in [1.82, 2.24) is 10.2 Å². The molecular formula is C9H8F4N3O. The Labute approximate surface area is 93.2 Å². The topological polar surface area (TPSA) is 49.0 Å². The Hall–Kier alpha value is -1.60. The molecule has 0 unspecified atom stereocenters. The van der Waals surface area contributed by atoms with Crippen LogP contribution in [0.15, 0.2) is 11.0 Å². The van der Waals surface area contributed by atoms with Gasteiger partial charge in [0, 0.05) is 13.0 Å². The lowest BCUT2D eigenvalue weighted by molar-refractivity contribution is -0.138. The number of nitrogens with one attached hydrogen (secondary N) is 1. The van der Waals surface area contributed by atoms with E-state index < -0.39 is 29.3 Å². The third-order valence-electron chi connectivity index (χ3n) is 2.47. The van der Waals surface area contributed by atoms with E-state index in [0.717, 1.165) is 11.1 Å². The lowest BCUT2D eigenvalue weighted by Crippen LogP contribution is -2.30. The number of H-pyrrole nitrogens is 1. The van der Waals surface area contributed by atoms with Crippen LogP contribution in [-0.4, -0.2) is 16.7 Å². The molecule has 0 aromatic carbocycles. The summed E-state index contributed by atoms with van der Waals surface area (Å²) in [7, 11) is 0. The predicted octanol–water partition coefficient (Wildman–Crippen LogP) is 1.85. The van der Waals surface area contributed by atoms with Crippen LogP contribution in [0.25, 0.3) is 0 Å². The number of aromatic nitrogens is 2. The van der Waals surface area contributed by atoms with E-state index in [1.165, 1.54) is 0 Å². The van der Waals surface area contributed by atoms with E-state index in [2.05, 4.69) is 5.10 Å². The standard InChI is InChI=1S/C9H8F4N3O/c10-6-2-1-3-16(6)5-4-14-15-8(17)7(5)9(11,12)13/h4H,1-3H2,(H,15,17). The van der Waals surface area contributed by atoms with E-state index in [0.29, 0.717) is 6.42 Å². The van der Waals surface area contributed by atoms with Crippen LogP contribution in [0, 0.1) is 6.30 Å². The molecule has 0 saturated carbocycles. The molecule has 1 aromatic heterocycles. The van der Waals surface area contributed by atoms with Gasteiger partial charge in [0.15, 0.2) is 0 Å². The molecule has 1 N–H and O–H groups in total. The van der Waals surface area contributed by atoms with Crippen molar-refractivity contribution in [1.29, 1.82) is 0 Å². The maximum absolute atomic E-state index is 13.3. The van der Waals surface area contributed by atoms with Crippen molar-refractivity contribution >= 4 is 5.69 Å². The first-order chi connectivity index (χ1) is 7.91. The van der Waals surface area contributed by atoms with Gasteiger partial charge in [0.2, 0.25) is 6.30 Å². The van der Waals surface area contributed by atoms with Gasteiger partial charge in [-0.2, -0.15) is 18.3 Å². The zero-order valence-corrected chi connectivity index (χ0v) is 8.51. The number of aromatic amines is 1. The van der Waals surface area contributed by atoms with Gasteiger partial charge in [-0.1, -0.05) is 0 Å². The van der Waals surface area contributed by atoms with Crippen LogP contribution < -0.4 is 10.5 Å². The number of alkyl halides is 3. The largest absolute Gasteiger partial charge is 0.423 e. The normalized spacial score (nSPS) is 17.8. The van der Waals surface area contributed by atoms with Crippen molar-refractivity contribution in [3.8, 4) is 0 Å². The first kappa shape index (κ1) is 11.9. The number of hydrogen-bond acceptors (Lipinski definition) is 3. The van der Waals surface area contributed by atoms with Crippen LogP contribution in [0.1, 0.15) is 18.4 Å². The van der Waals surface area contributed by atoms with Gasteiger partial charge in [-0.25, -0.2) is 9.49 Å². The highest BCUT2D eigenvalue weighted by Crippen LogP contribution is 2.38. The lowest BCUT2D eigenvalue weighted by atomic mass is 10.2. The van der Waals surface area contributed by atoms with Crippen molar-refractivity contribution in [2.45, 2.75) is 19.0 Å². The summed E-state index contributed by atoms with van der Waals surface area (Å²) in [6.45, 7) is 0.111. The summed E-state index contributed by atoms with van der Waals surface area (Å²) < 4.78 is 51.4. The van der Waals surface area contributed by atoms with Gasteiger partial charge in [0.05, 0.1) is 11.9 Å². The molecule has 1 fully saturated rings. The predicted molar refractivity (Wildman–Crippen MR) is 50.8 cm³/mol. The first-order valence-electron chi connectivity index (χ1n) is 4.85. The van der Waals surface area contributed by atoms with Gasteiger partial charge in [-0.05, 0) is 6.42 Å². The minimum absolute atomic E-state index is 0.0735. The molecular weight excluding hydrogens is 242 g/mol. The Morgan fingerprint density at radius 1 is 1.41 bits per heavy atom. The second-order valence-electron chi connectivity index (χ2n) is 3.59. The highest BCUT2D eigenvalue weighted by atomic mass is 19.4. The van der Waals surface area contributed by atoms with E-state index in [-0.39, 0.29) is 13.0 Å². The molecule has 1 radical (unpaired) electrons. The van der Waals surface area contributed by atoms with Crippen LogP contribution in [0.2, 0.25) is 0 Å². The maximum atomic E-state index is 13.3. The lowest BCUT2D eigenvalue weighted by Gasteiger charge is -2.22. The Bertz CT molecular complexity index is 470. The third kappa shape index (κ3) is 2.11. The monoisotopic (exact) mass is 250 g/mol. The van der Waals surface area contributed by atoms with Crippen molar-refractivity contribution in [2.75, 3.05) is 11.4 Å². The zero-order chi connectivity index (χ0) is 12.6. The molecule has 1 aromatic rings. The molecule has 0 bridgehead atoms. The number of anilines is 1. The van der Waals surface area contributed by atoms with Crippen LogP contribution in [-0.2, 0) is 6.18 Å². The zero-order valence-electron chi connectivity index (χ0n) is 8.51. The van der Waals surface area contributed by atoms with Crippen LogP contribution >= 0.6 is 0 Å². The van der Waals surface area contributed by atoms with Gasteiger partial charge in [-0.3, -0.25) is 4.79 Å². The van der Waals surface area contributed by atoms with Gasteiger partial charge >= 0.3 is 6.18 Å². The highest BCUT2D eigenvalue weighted by Gasteiger charge is 2.41. The van der Waals surface area contributed by atoms with Gasteiger partial charge in [0.25, 0.3) is 5.56 Å². The van der Waals surface area contributed by atoms with E-state index in [1.54, 1.807) is 5.10 Å². The van der Waals surface area contributed by atoms with Crippen molar-refractivity contribution in [3.63, 3.8) is 0 Å². The van der Waals surface area contributed by atoms with Gasteiger partial charge in [0.1, 0.15) is 5.56 Å². The number of rotatable bonds is 1. The summed E-state index contributed by atoms with van der Waals surface area (Å²) in [5.41, 5.74) is -3.31. The third-order valence-corrected chi connectivity index (χ3v) is 2.47. The Balaban J connectivity index is 2.54. The smallest absolute Gasteiger partial charge is 0.333 e. The van der Waals surface area contributed by atoms with Gasteiger partial charge < -0.3 is 4.90 Å². The van der Waals surface area contributed by atoms with E-state index in [9.17, 15) is 22.4 Å². The first-order valence-corrected chi connectivity index (χ1v) is 4.85. The van der Waals surface area contributed by atoms with Crippen LogP contribution in [0.5, 0.6) is 0 Å². The molecule has 93 valence electrons. The average Bonchev–Trinajstić information content (AvgIpc) is 2.62. The number of nitrogens with zero attached hydrogens (tertiary/aromatic N) is 2. The van der Waals surface area contributed by atoms with Crippen molar-refractivity contribution in [2.24, 2.45) is 0 Å². The maximum Gasteiger partial charge on any atom is 0.423 e. The fraction of sp³-hybridized carbons (Fsp3) is 0.444. The van der Waals surface area contributed by atoms with Gasteiger partial charge in [-0.15, -0.1) is 0 Å². The fourth-order valence-electron chi connectivity index (χ4n) is 1.76. The summed E-state index contributed by atoms with van der Waals surface area (Å²) in [4.78, 5) is 12.0. The molecule has 1 aliphatic rings. The Morgan fingerprint density at radius 2 is 2.12 bits per heavy atom. The summed E-state index contributed by atoms with van der Waals surface area (Å²) in [6.07, 6.45) is -4.22. The molecule has 0 atom stereocenters. The quantitative estimate of drug-likeness (QED) is 0.611. The summed E-state index contributed by atoms with van der Waals surface area (Å²) in [5.74, 6) is 0. The molecule has 1 aliphatic heterocycles. The van der Waals surface area contributed by atoms with E-state index >= 15 is 0 Å². The SMILES string of the molecule is O=c1[nH]ncc(N2CCC[C]2F)c1C(F)(F)F. The molecule has 0 amide bonds. The second-order valence-corrected chi connectivity index (χ2v) is 3.59. The number of halogens is 4. The minimum atomic E-state index is -4.84. The highest BCUT2D eigenvalue weighted by molar-refractivity contribution is 5.55. The Kier molecular flexibility index (Phi) is 2.80. The molecule has 2 rings (SSSR count). The number of hydrogen-bond donors (Lipinski definition) is 1. The molecule has 17 heavy (non-hydrogen) atoms. The minimum Gasteiger partial charge on any atom is -0.333 e. The van der Waals surface area contributed by atoms with Crippen LogP contribution in [0.3, 0.4) is 0 Å². The second kappa shape index (κ2) is 4.01. The van der Waals surface area contributed by atoms with Crippen molar-refractivity contribution < 1.29 is 17.6 Å². The molecule has 8 heteroatoms. The average molecular weight is 250 g/mol. The molecule has 0 spiro atoms. The van der Waals surface area contributed by atoms with E-state index in [4.69, 9.17) is 0 Å². The summed E-state index contributed by atoms with van der Waals surface area (Å²) in [5, 5.41) is 4.98. The molecule has 1 saturated heterocycles. The fourth-order valence-corrected chi connectivity index (χ4v) is 1.76. The van der Waals surface area contributed by atoms with Crippen LogP contribution in [0.4, 0.5) is 23.2 Å². The molecule has 0 aliphatic carbocycles.